The minimum atomic E-state index is 0.188. The molecule has 102 valence electrons. The van der Waals surface area contributed by atoms with E-state index >= 15 is 0 Å². The van der Waals surface area contributed by atoms with E-state index in [1.54, 1.807) is 0 Å². The highest BCUT2D eigenvalue weighted by molar-refractivity contribution is 5.84. The summed E-state index contributed by atoms with van der Waals surface area (Å²) in [5, 5.41) is 0. The normalized spacial score (nSPS) is 23.7. The quantitative estimate of drug-likeness (QED) is 0.744. The van der Waals surface area contributed by atoms with E-state index in [1.165, 1.54) is 0 Å². The summed E-state index contributed by atoms with van der Waals surface area (Å²) in [4.78, 5) is 27.8. The van der Waals surface area contributed by atoms with Crippen molar-refractivity contribution in [2.24, 2.45) is 5.92 Å². The lowest BCUT2D eigenvalue weighted by molar-refractivity contribution is -0.139. The molecule has 0 bridgehead atoms. The third-order valence-electron chi connectivity index (χ3n) is 4.24. The molecule has 2 aliphatic heterocycles. The lowest BCUT2D eigenvalue weighted by Gasteiger charge is -2.36. The first-order valence-corrected chi connectivity index (χ1v) is 7.12. The molecule has 2 fully saturated rings. The Bertz CT molecular complexity index is 310. The predicted molar refractivity (Wildman–Crippen MR) is 70.3 cm³/mol. The van der Waals surface area contributed by atoms with Crippen LogP contribution in [-0.2, 0) is 9.59 Å². The molecule has 0 aromatic carbocycles. The van der Waals surface area contributed by atoms with Gasteiger partial charge >= 0.3 is 0 Å². The first-order valence-electron chi connectivity index (χ1n) is 7.12. The Kier molecular flexibility index (Phi) is 4.38. The van der Waals surface area contributed by atoms with Crippen molar-refractivity contribution in [2.75, 3.05) is 26.2 Å². The van der Waals surface area contributed by atoms with E-state index < -0.39 is 0 Å². The summed E-state index contributed by atoms with van der Waals surface area (Å²) in [7, 11) is 0. The molecular weight excluding hydrogens is 228 g/mol. The molecule has 0 unspecified atom stereocenters. The topological polar surface area (TPSA) is 40.6 Å². The number of amides is 1. The van der Waals surface area contributed by atoms with Gasteiger partial charge in [-0.2, -0.15) is 0 Å². The Labute approximate surface area is 109 Å². The summed E-state index contributed by atoms with van der Waals surface area (Å²) in [5.41, 5.74) is 0. The summed E-state index contributed by atoms with van der Waals surface area (Å²) >= 11 is 0. The van der Waals surface area contributed by atoms with Gasteiger partial charge in [-0.3, -0.25) is 9.59 Å². The molecule has 2 saturated heterocycles. The van der Waals surface area contributed by atoms with Crippen LogP contribution in [0.5, 0.6) is 0 Å². The molecule has 2 rings (SSSR count). The van der Waals surface area contributed by atoms with E-state index in [0.29, 0.717) is 37.8 Å². The summed E-state index contributed by atoms with van der Waals surface area (Å²) in [6.45, 7) is 7.75. The maximum Gasteiger partial charge on any atom is 0.225 e. The molecule has 2 aliphatic rings. The molecule has 0 aromatic rings. The second-order valence-corrected chi connectivity index (χ2v) is 5.77. The Morgan fingerprint density at radius 2 is 1.67 bits per heavy atom. The Morgan fingerprint density at radius 3 is 2.17 bits per heavy atom. The number of carbonyl (C=O) groups excluding carboxylic acids is 2. The van der Waals surface area contributed by atoms with E-state index in [-0.39, 0.29) is 11.8 Å². The monoisotopic (exact) mass is 252 g/mol. The van der Waals surface area contributed by atoms with Crippen LogP contribution in [0, 0.1) is 5.92 Å². The van der Waals surface area contributed by atoms with E-state index in [2.05, 4.69) is 18.7 Å². The second kappa shape index (κ2) is 5.83. The molecule has 0 spiro atoms. The highest BCUT2D eigenvalue weighted by Gasteiger charge is 2.30. The van der Waals surface area contributed by atoms with Crippen LogP contribution >= 0.6 is 0 Å². The molecule has 18 heavy (non-hydrogen) atoms. The van der Waals surface area contributed by atoms with Crippen LogP contribution < -0.4 is 0 Å². The molecule has 4 heteroatoms. The highest BCUT2D eigenvalue weighted by atomic mass is 16.2. The average Bonchev–Trinajstić information content (AvgIpc) is 2.39. The van der Waals surface area contributed by atoms with E-state index in [0.717, 1.165) is 25.9 Å². The van der Waals surface area contributed by atoms with Crippen LogP contribution in [0.4, 0.5) is 0 Å². The van der Waals surface area contributed by atoms with Crippen LogP contribution in [0.25, 0.3) is 0 Å². The smallest absolute Gasteiger partial charge is 0.225 e. The SMILES string of the molecule is CC(C)N1CCC(C(=O)N2CCC(=O)CC2)CC1. The summed E-state index contributed by atoms with van der Waals surface area (Å²) in [6.07, 6.45) is 3.05. The van der Waals surface area contributed by atoms with Crippen molar-refractivity contribution >= 4 is 11.7 Å². The van der Waals surface area contributed by atoms with Gasteiger partial charge in [0.15, 0.2) is 0 Å². The molecule has 0 aromatic heterocycles. The van der Waals surface area contributed by atoms with Gasteiger partial charge in [0.25, 0.3) is 0 Å². The minimum absolute atomic E-state index is 0.188. The molecule has 0 saturated carbocycles. The summed E-state index contributed by atoms with van der Waals surface area (Å²) < 4.78 is 0. The van der Waals surface area contributed by atoms with E-state index in [1.807, 2.05) is 4.90 Å². The molecule has 0 radical (unpaired) electrons. The van der Waals surface area contributed by atoms with Crippen molar-refractivity contribution in [1.82, 2.24) is 9.80 Å². The van der Waals surface area contributed by atoms with Gasteiger partial charge in [-0.15, -0.1) is 0 Å². The zero-order valence-electron chi connectivity index (χ0n) is 11.5. The third kappa shape index (κ3) is 3.10. The fourth-order valence-corrected chi connectivity index (χ4v) is 2.90. The van der Waals surface area contributed by atoms with Crippen LogP contribution in [0.1, 0.15) is 39.5 Å². The zero-order valence-corrected chi connectivity index (χ0v) is 11.5. The number of hydrogen-bond acceptors (Lipinski definition) is 3. The van der Waals surface area contributed by atoms with Gasteiger partial charge in [0, 0.05) is 37.9 Å². The first kappa shape index (κ1) is 13.5. The van der Waals surface area contributed by atoms with Crippen LogP contribution in [0.3, 0.4) is 0 Å². The van der Waals surface area contributed by atoms with Gasteiger partial charge < -0.3 is 9.80 Å². The zero-order chi connectivity index (χ0) is 13.1. The molecule has 4 nitrogen and oxygen atoms in total. The number of carbonyl (C=O) groups is 2. The third-order valence-corrected chi connectivity index (χ3v) is 4.24. The lowest BCUT2D eigenvalue weighted by atomic mass is 9.93. The minimum Gasteiger partial charge on any atom is -0.342 e. The lowest BCUT2D eigenvalue weighted by Crippen LogP contribution is -2.46. The number of Topliss-reactive ketones (excluding diaryl/α,β-unsaturated/α-hetero) is 1. The number of nitrogens with zero attached hydrogens (tertiary/aromatic N) is 2. The maximum absolute atomic E-state index is 12.3. The number of likely N-dealkylation sites (tertiary alicyclic amines) is 2. The van der Waals surface area contributed by atoms with Gasteiger partial charge in [-0.25, -0.2) is 0 Å². The largest absolute Gasteiger partial charge is 0.342 e. The van der Waals surface area contributed by atoms with Crippen LogP contribution in [0.15, 0.2) is 0 Å². The van der Waals surface area contributed by atoms with E-state index in [4.69, 9.17) is 0 Å². The molecule has 2 heterocycles. The Hall–Kier alpha value is -0.900. The van der Waals surface area contributed by atoms with Crippen molar-refractivity contribution in [3.63, 3.8) is 0 Å². The van der Waals surface area contributed by atoms with Crippen molar-refractivity contribution < 1.29 is 9.59 Å². The number of piperidine rings is 2. The standard InChI is InChI=1S/C14H24N2O2/c1-11(2)15-7-3-12(4-8-15)14(18)16-9-5-13(17)6-10-16/h11-12H,3-10H2,1-2H3. The Morgan fingerprint density at radius 1 is 1.11 bits per heavy atom. The Balaban J connectivity index is 1.82. The van der Waals surface area contributed by atoms with Crippen molar-refractivity contribution in [2.45, 2.75) is 45.6 Å². The first-order chi connectivity index (χ1) is 8.58. The van der Waals surface area contributed by atoms with Crippen molar-refractivity contribution in [3.8, 4) is 0 Å². The van der Waals surface area contributed by atoms with Gasteiger partial charge in [0.2, 0.25) is 5.91 Å². The van der Waals surface area contributed by atoms with Gasteiger partial charge in [-0.1, -0.05) is 0 Å². The molecule has 0 atom stereocenters. The van der Waals surface area contributed by atoms with Gasteiger partial charge in [0.1, 0.15) is 5.78 Å². The number of rotatable bonds is 2. The summed E-state index contributed by atoms with van der Waals surface area (Å²) in [6, 6.07) is 0.577. The average molecular weight is 252 g/mol. The summed E-state index contributed by atoms with van der Waals surface area (Å²) in [5.74, 6) is 0.771. The van der Waals surface area contributed by atoms with Crippen LogP contribution in [-0.4, -0.2) is 53.7 Å². The van der Waals surface area contributed by atoms with Gasteiger partial charge in [0.05, 0.1) is 0 Å². The number of hydrogen-bond donors (Lipinski definition) is 0. The maximum atomic E-state index is 12.3. The molecule has 1 amide bonds. The second-order valence-electron chi connectivity index (χ2n) is 5.77. The molecule has 0 aliphatic carbocycles. The van der Waals surface area contributed by atoms with E-state index in [9.17, 15) is 9.59 Å². The van der Waals surface area contributed by atoms with Gasteiger partial charge in [-0.05, 0) is 39.8 Å². The molecule has 0 N–H and O–H groups in total. The van der Waals surface area contributed by atoms with Crippen LogP contribution in [0.2, 0.25) is 0 Å². The fraction of sp³-hybridized carbons (Fsp3) is 0.857. The highest BCUT2D eigenvalue weighted by Crippen LogP contribution is 2.22. The van der Waals surface area contributed by atoms with Crippen molar-refractivity contribution in [3.05, 3.63) is 0 Å². The number of ketones is 1. The fourth-order valence-electron chi connectivity index (χ4n) is 2.90. The van der Waals surface area contributed by atoms with Crippen molar-refractivity contribution in [1.29, 1.82) is 0 Å². The predicted octanol–water partition coefficient (Wildman–Crippen LogP) is 1.30. The molecular formula is C14H24N2O2.